The summed E-state index contributed by atoms with van der Waals surface area (Å²) in [6, 6.07) is 26.8. The standard InChI is InChI=1S/C28H20N6O/c35-28(21-10-5-2-6-11-21)31-23-13-7-12-22(18-23)24-19-33-16-14-30-26(33)27(32-24)34-17-15-29-25(34)20-8-3-1-4-9-20/h1-19H,(H,31,35). The Labute approximate surface area is 201 Å². The van der Waals surface area contributed by atoms with Crippen LogP contribution in [-0.4, -0.2) is 29.8 Å². The fourth-order valence-electron chi connectivity index (χ4n) is 4.04. The van der Waals surface area contributed by atoms with Gasteiger partial charge in [-0.1, -0.05) is 60.7 Å². The Morgan fingerprint density at radius 1 is 0.771 bits per heavy atom. The molecule has 0 aliphatic heterocycles. The molecule has 0 spiro atoms. The fourth-order valence-corrected chi connectivity index (χ4v) is 4.04. The number of fused-ring (bicyclic) bond motifs is 1. The highest BCUT2D eigenvalue weighted by Gasteiger charge is 2.16. The van der Waals surface area contributed by atoms with E-state index in [-0.39, 0.29) is 5.91 Å². The van der Waals surface area contributed by atoms with Crippen molar-refractivity contribution in [3.63, 3.8) is 0 Å². The molecule has 0 saturated heterocycles. The van der Waals surface area contributed by atoms with Crippen molar-refractivity contribution in [1.29, 1.82) is 0 Å². The van der Waals surface area contributed by atoms with Crippen LogP contribution in [-0.2, 0) is 0 Å². The summed E-state index contributed by atoms with van der Waals surface area (Å²) in [4.78, 5) is 26.7. The Bertz CT molecular complexity index is 1640. The number of anilines is 1. The number of carbonyl (C=O) groups is 1. The molecular weight excluding hydrogens is 436 g/mol. The molecule has 35 heavy (non-hydrogen) atoms. The Morgan fingerprint density at radius 2 is 1.51 bits per heavy atom. The molecular formula is C28H20N6O. The number of rotatable bonds is 5. The summed E-state index contributed by atoms with van der Waals surface area (Å²) in [6.07, 6.45) is 9.22. The highest BCUT2D eigenvalue weighted by Crippen LogP contribution is 2.27. The first-order chi connectivity index (χ1) is 17.3. The van der Waals surface area contributed by atoms with Crippen molar-refractivity contribution < 1.29 is 4.79 Å². The molecule has 1 amide bonds. The maximum atomic E-state index is 12.6. The van der Waals surface area contributed by atoms with E-state index in [0.717, 1.165) is 28.3 Å². The number of hydrogen-bond acceptors (Lipinski definition) is 4. The molecule has 0 aliphatic rings. The van der Waals surface area contributed by atoms with Crippen molar-refractivity contribution >= 4 is 17.2 Å². The third kappa shape index (κ3) is 3.95. The quantitative estimate of drug-likeness (QED) is 0.372. The number of amides is 1. The summed E-state index contributed by atoms with van der Waals surface area (Å²) in [6.45, 7) is 0. The second-order valence-electron chi connectivity index (χ2n) is 8.00. The first kappa shape index (κ1) is 20.6. The topological polar surface area (TPSA) is 77.1 Å². The van der Waals surface area contributed by atoms with Crippen LogP contribution in [0.5, 0.6) is 0 Å². The molecule has 7 heteroatoms. The predicted molar refractivity (Wildman–Crippen MR) is 135 cm³/mol. The molecule has 3 aromatic heterocycles. The molecule has 0 unspecified atom stereocenters. The van der Waals surface area contributed by atoms with Crippen LogP contribution in [0.4, 0.5) is 5.69 Å². The average Bonchev–Trinajstić information content (AvgIpc) is 3.59. The lowest BCUT2D eigenvalue weighted by Crippen LogP contribution is -2.11. The van der Waals surface area contributed by atoms with Crippen LogP contribution < -0.4 is 5.32 Å². The van der Waals surface area contributed by atoms with Gasteiger partial charge in [-0.05, 0) is 24.3 Å². The van der Waals surface area contributed by atoms with Crippen molar-refractivity contribution in [1.82, 2.24) is 23.9 Å². The maximum Gasteiger partial charge on any atom is 0.255 e. The molecule has 3 heterocycles. The lowest BCUT2D eigenvalue weighted by Gasteiger charge is -2.12. The zero-order chi connectivity index (χ0) is 23.6. The van der Waals surface area contributed by atoms with Crippen molar-refractivity contribution in [2.75, 3.05) is 5.32 Å². The molecule has 6 rings (SSSR count). The highest BCUT2D eigenvalue weighted by molar-refractivity contribution is 6.04. The largest absolute Gasteiger partial charge is 0.322 e. The molecule has 0 fully saturated rings. The third-order valence-electron chi connectivity index (χ3n) is 5.71. The third-order valence-corrected chi connectivity index (χ3v) is 5.71. The van der Waals surface area contributed by atoms with E-state index < -0.39 is 0 Å². The number of carbonyl (C=O) groups excluding carboxylic acids is 1. The van der Waals surface area contributed by atoms with Crippen molar-refractivity contribution in [3.8, 4) is 28.5 Å². The summed E-state index contributed by atoms with van der Waals surface area (Å²) in [5.74, 6) is 1.29. The minimum absolute atomic E-state index is 0.160. The Balaban J connectivity index is 1.41. The summed E-state index contributed by atoms with van der Waals surface area (Å²) in [5, 5.41) is 2.97. The van der Waals surface area contributed by atoms with E-state index in [1.165, 1.54) is 0 Å². The van der Waals surface area contributed by atoms with Crippen LogP contribution in [0.25, 0.3) is 34.1 Å². The first-order valence-corrected chi connectivity index (χ1v) is 11.2. The van der Waals surface area contributed by atoms with Crippen LogP contribution in [0.3, 0.4) is 0 Å². The molecule has 0 bridgehead atoms. The van der Waals surface area contributed by atoms with E-state index in [1.54, 1.807) is 24.5 Å². The zero-order valence-electron chi connectivity index (χ0n) is 18.6. The normalized spacial score (nSPS) is 11.0. The van der Waals surface area contributed by atoms with Crippen LogP contribution in [0.15, 0.2) is 116 Å². The monoisotopic (exact) mass is 456 g/mol. The van der Waals surface area contributed by atoms with E-state index in [2.05, 4.69) is 15.3 Å². The number of imidazole rings is 2. The maximum absolute atomic E-state index is 12.6. The van der Waals surface area contributed by atoms with Gasteiger partial charge in [0.2, 0.25) is 0 Å². The van der Waals surface area contributed by atoms with Gasteiger partial charge in [-0.25, -0.2) is 15.0 Å². The Hall–Kier alpha value is -5.04. The highest BCUT2D eigenvalue weighted by atomic mass is 16.1. The van der Waals surface area contributed by atoms with E-state index in [0.29, 0.717) is 17.1 Å². The number of aromatic nitrogens is 5. The van der Waals surface area contributed by atoms with Gasteiger partial charge in [0, 0.05) is 53.4 Å². The smallest absolute Gasteiger partial charge is 0.255 e. The minimum atomic E-state index is -0.160. The second-order valence-corrected chi connectivity index (χ2v) is 8.00. The minimum Gasteiger partial charge on any atom is -0.322 e. The first-order valence-electron chi connectivity index (χ1n) is 11.2. The van der Waals surface area contributed by atoms with Gasteiger partial charge in [0.1, 0.15) is 5.82 Å². The lowest BCUT2D eigenvalue weighted by atomic mass is 10.1. The second kappa shape index (κ2) is 8.72. The lowest BCUT2D eigenvalue weighted by molar-refractivity contribution is 0.102. The summed E-state index contributed by atoms with van der Waals surface area (Å²) < 4.78 is 3.89. The van der Waals surface area contributed by atoms with Gasteiger partial charge in [0.15, 0.2) is 11.5 Å². The van der Waals surface area contributed by atoms with Gasteiger partial charge < -0.3 is 9.72 Å². The van der Waals surface area contributed by atoms with Crippen LogP contribution >= 0.6 is 0 Å². The van der Waals surface area contributed by atoms with E-state index >= 15 is 0 Å². The molecule has 168 valence electrons. The molecule has 1 N–H and O–H groups in total. The van der Waals surface area contributed by atoms with Gasteiger partial charge in [-0.15, -0.1) is 0 Å². The molecule has 7 nitrogen and oxygen atoms in total. The van der Waals surface area contributed by atoms with E-state index in [1.807, 2.05) is 100 Å². The van der Waals surface area contributed by atoms with Gasteiger partial charge >= 0.3 is 0 Å². The zero-order valence-corrected chi connectivity index (χ0v) is 18.6. The van der Waals surface area contributed by atoms with E-state index in [4.69, 9.17) is 4.98 Å². The average molecular weight is 457 g/mol. The van der Waals surface area contributed by atoms with Gasteiger partial charge in [-0.3, -0.25) is 9.36 Å². The predicted octanol–water partition coefficient (Wildman–Crippen LogP) is 5.50. The summed E-state index contributed by atoms with van der Waals surface area (Å²) >= 11 is 0. The van der Waals surface area contributed by atoms with Gasteiger partial charge in [0.25, 0.3) is 5.91 Å². The number of nitrogens with zero attached hydrogens (tertiary/aromatic N) is 5. The van der Waals surface area contributed by atoms with Crippen LogP contribution in [0, 0.1) is 0 Å². The van der Waals surface area contributed by atoms with Crippen molar-refractivity contribution in [2.24, 2.45) is 0 Å². The molecule has 6 aromatic rings. The number of nitrogens with one attached hydrogen (secondary N) is 1. The van der Waals surface area contributed by atoms with Gasteiger partial charge in [0.05, 0.1) is 5.69 Å². The van der Waals surface area contributed by atoms with Crippen molar-refractivity contribution in [2.45, 2.75) is 0 Å². The van der Waals surface area contributed by atoms with E-state index in [9.17, 15) is 4.79 Å². The number of hydrogen-bond donors (Lipinski definition) is 1. The fraction of sp³-hybridized carbons (Fsp3) is 0. The van der Waals surface area contributed by atoms with Crippen molar-refractivity contribution in [3.05, 3.63) is 121 Å². The molecule has 0 aliphatic carbocycles. The SMILES string of the molecule is O=C(Nc1cccc(-c2cn3ccnc3c(-n3ccnc3-c3ccccc3)n2)c1)c1ccccc1. The molecule has 0 saturated carbocycles. The summed E-state index contributed by atoms with van der Waals surface area (Å²) in [5.41, 5.74) is 4.62. The van der Waals surface area contributed by atoms with Crippen LogP contribution in [0.2, 0.25) is 0 Å². The molecule has 3 aromatic carbocycles. The number of benzene rings is 3. The van der Waals surface area contributed by atoms with Gasteiger partial charge in [-0.2, -0.15) is 0 Å². The summed E-state index contributed by atoms with van der Waals surface area (Å²) in [7, 11) is 0. The molecule has 0 radical (unpaired) electrons. The van der Waals surface area contributed by atoms with Crippen LogP contribution in [0.1, 0.15) is 10.4 Å². The Morgan fingerprint density at radius 3 is 2.34 bits per heavy atom. The molecule has 0 atom stereocenters. The Kier molecular flexibility index (Phi) is 5.12.